The minimum atomic E-state index is -0.529. The van der Waals surface area contributed by atoms with Gasteiger partial charge in [-0.2, -0.15) is 0 Å². The van der Waals surface area contributed by atoms with Gasteiger partial charge in [0.2, 0.25) is 0 Å². The van der Waals surface area contributed by atoms with Crippen molar-refractivity contribution in [1.29, 1.82) is 0 Å². The van der Waals surface area contributed by atoms with Crippen LogP contribution in [0.2, 0.25) is 0 Å². The fourth-order valence-electron chi connectivity index (χ4n) is 5.53. The highest BCUT2D eigenvalue weighted by molar-refractivity contribution is 5.89. The number of hydrogen-bond donors (Lipinski definition) is 1. The van der Waals surface area contributed by atoms with E-state index in [2.05, 4.69) is 10.2 Å². The quantitative estimate of drug-likeness (QED) is 0.590. The Morgan fingerprint density at radius 3 is 2.32 bits per heavy atom. The Kier molecular flexibility index (Phi) is 8.14. The SMILES string of the molecule is CC(C)n1c(=O)n(C(=O)NCC2CCN(CC3(C(=O)OC(C)(C)C)CCOCC3)CC2)c2ccccc21. The molecule has 2 aromatic rings. The first kappa shape index (κ1) is 27.4. The zero-order valence-corrected chi connectivity index (χ0v) is 22.9. The van der Waals surface area contributed by atoms with E-state index in [1.54, 1.807) is 4.57 Å². The number of imidazole rings is 1. The van der Waals surface area contributed by atoms with Crippen LogP contribution in [-0.2, 0) is 14.3 Å². The van der Waals surface area contributed by atoms with E-state index in [0.29, 0.717) is 50.6 Å². The number of likely N-dealkylation sites (tertiary alicyclic amines) is 1. The molecule has 1 aromatic carbocycles. The predicted octanol–water partition coefficient (Wildman–Crippen LogP) is 3.79. The van der Waals surface area contributed by atoms with E-state index >= 15 is 0 Å². The zero-order chi connectivity index (χ0) is 26.8. The Hall–Kier alpha value is -2.65. The third-order valence-electron chi connectivity index (χ3n) is 7.56. The Labute approximate surface area is 219 Å². The van der Waals surface area contributed by atoms with Crippen molar-refractivity contribution in [3.63, 3.8) is 0 Å². The van der Waals surface area contributed by atoms with Gasteiger partial charge < -0.3 is 19.7 Å². The number of carbonyl (C=O) groups is 2. The summed E-state index contributed by atoms with van der Waals surface area (Å²) in [7, 11) is 0. The van der Waals surface area contributed by atoms with Gasteiger partial charge in [-0.25, -0.2) is 14.2 Å². The van der Waals surface area contributed by atoms with Crippen LogP contribution in [0.5, 0.6) is 0 Å². The first-order valence-corrected chi connectivity index (χ1v) is 13.5. The molecule has 2 fully saturated rings. The highest BCUT2D eigenvalue weighted by Gasteiger charge is 2.44. The van der Waals surface area contributed by atoms with E-state index in [-0.39, 0.29) is 23.7 Å². The highest BCUT2D eigenvalue weighted by atomic mass is 16.6. The van der Waals surface area contributed by atoms with Crippen LogP contribution in [-0.4, -0.2) is 71.0 Å². The van der Waals surface area contributed by atoms with Crippen LogP contribution >= 0.6 is 0 Å². The fraction of sp³-hybridized carbons (Fsp3) is 0.679. The fourth-order valence-corrected chi connectivity index (χ4v) is 5.53. The molecule has 1 amide bonds. The van der Waals surface area contributed by atoms with E-state index in [0.717, 1.165) is 31.4 Å². The molecule has 204 valence electrons. The zero-order valence-electron chi connectivity index (χ0n) is 22.9. The summed E-state index contributed by atoms with van der Waals surface area (Å²) >= 11 is 0. The van der Waals surface area contributed by atoms with E-state index < -0.39 is 11.0 Å². The van der Waals surface area contributed by atoms with Gasteiger partial charge in [-0.15, -0.1) is 0 Å². The number of benzene rings is 1. The first-order chi connectivity index (χ1) is 17.5. The second-order valence-corrected chi connectivity index (χ2v) is 11.9. The van der Waals surface area contributed by atoms with E-state index in [1.165, 1.54) is 4.57 Å². The summed E-state index contributed by atoms with van der Waals surface area (Å²) < 4.78 is 14.3. The second kappa shape index (κ2) is 11.0. The van der Waals surface area contributed by atoms with Gasteiger partial charge in [-0.3, -0.25) is 9.36 Å². The van der Waals surface area contributed by atoms with Crippen molar-refractivity contribution in [1.82, 2.24) is 19.4 Å². The molecule has 37 heavy (non-hydrogen) atoms. The molecule has 0 radical (unpaired) electrons. The lowest BCUT2D eigenvalue weighted by Crippen LogP contribution is -2.51. The maximum Gasteiger partial charge on any atom is 0.337 e. The number of rotatable bonds is 6. The lowest BCUT2D eigenvalue weighted by molar-refractivity contribution is -0.175. The molecule has 2 aliphatic rings. The van der Waals surface area contributed by atoms with E-state index in [9.17, 15) is 14.4 Å². The van der Waals surface area contributed by atoms with Gasteiger partial charge in [0.15, 0.2) is 0 Å². The van der Waals surface area contributed by atoms with Crippen LogP contribution in [0.15, 0.2) is 29.1 Å². The lowest BCUT2D eigenvalue weighted by atomic mass is 9.79. The Morgan fingerprint density at radius 2 is 1.73 bits per heavy atom. The van der Waals surface area contributed by atoms with Crippen LogP contribution in [0, 0.1) is 11.3 Å². The second-order valence-electron chi connectivity index (χ2n) is 11.9. The maximum absolute atomic E-state index is 13.2. The minimum Gasteiger partial charge on any atom is -0.460 e. The Bertz CT molecular complexity index is 1160. The number of piperidine rings is 1. The van der Waals surface area contributed by atoms with Gasteiger partial charge in [0, 0.05) is 32.3 Å². The van der Waals surface area contributed by atoms with Crippen molar-refractivity contribution in [2.75, 3.05) is 39.4 Å². The molecule has 0 spiro atoms. The third kappa shape index (κ3) is 6.09. The van der Waals surface area contributed by atoms with Crippen molar-refractivity contribution in [3.05, 3.63) is 34.7 Å². The molecule has 2 aliphatic heterocycles. The average molecular weight is 515 g/mol. The maximum atomic E-state index is 13.2. The number of nitrogens with one attached hydrogen (secondary N) is 1. The monoisotopic (exact) mass is 514 g/mol. The number of nitrogens with zero attached hydrogens (tertiary/aromatic N) is 3. The topological polar surface area (TPSA) is 94.8 Å². The normalized spacial score (nSPS) is 19.3. The molecule has 2 saturated heterocycles. The number of ether oxygens (including phenoxy) is 2. The van der Waals surface area contributed by atoms with E-state index in [1.807, 2.05) is 58.9 Å². The standard InChI is InChI=1S/C28H42N4O5/c1-20(2)31-22-8-6-7-9-23(22)32(26(31)35)25(34)29-18-21-10-14-30(15-11-21)19-28(12-16-36-17-13-28)24(33)37-27(3,4)5/h6-9,20-21H,10-19H2,1-5H3,(H,29,34). The molecule has 0 aliphatic carbocycles. The molecule has 0 atom stereocenters. The molecule has 0 unspecified atom stereocenters. The summed E-state index contributed by atoms with van der Waals surface area (Å²) in [6.45, 7) is 13.7. The molecule has 9 nitrogen and oxygen atoms in total. The number of carbonyl (C=O) groups excluding carboxylic acids is 2. The van der Waals surface area contributed by atoms with Crippen molar-refractivity contribution >= 4 is 23.0 Å². The third-order valence-corrected chi connectivity index (χ3v) is 7.56. The number of amides is 1. The molecule has 0 bridgehead atoms. The number of esters is 1. The molecule has 3 heterocycles. The summed E-state index contributed by atoms with van der Waals surface area (Å²) in [5.74, 6) is 0.199. The van der Waals surface area contributed by atoms with Crippen LogP contribution in [0.3, 0.4) is 0 Å². The summed E-state index contributed by atoms with van der Waals surface area (Å²) in [4.78, 5) is 41.6. The summed E-state index contributed by atoms with van der Waals surface area (Å²) in [6, 6.07) is 6.98. The van der Waals surface area contributed by atoms with Crippen LogP contribution in [0.1, 0.15) is 66.3 Å². The largest absolute Gasteiger partial charge is 0.460 e. The number of fused-ring (bicyclic) bond motifs is 1. The number of hydrogen-bond acceptors (Lipinski definition) is 6. The van der Waals surface area contributed by atoms with Gasteiger partial charge in [0.1, 0.15) is 5.60 Å². The van der Waals surface area contributed by atoms with Crippen LogP contribution in [0.4, 0.5) is 4.79 Å². The van der Waals surface area contributed by atoms with Gasteiger partial charge in [-0.1, -0.05) is 12.1 Å². The summed E-state index contributed by atoms with van der Waals surface area (Å²) in [5.41, 5.74) is 0.0258. The van der Waals surface area contributed by atoms with Crippen LogP contribution in [0.25, 0.3) is 11.0 Å². The summed E-state index contributed by atoms with van der Waals surface area (Å²) in [5, 5.41) is 3.00. The minimum absolute atomic E-state index is 0.0459. The van der Waals surface area contributed by atoms with Gasteiger partial charge >= 0.3 is 17.7 Å². The van der Waals surface area contributed by atoms with Crippen molar-refractivity contribution in [2.45, 2.75) is 71.9 Å². The van der Waals surface area contributed by atoms with Crippen molar-refractivity contribution in [3.8, 4) is 0 Å². The lowest BCUT2D eigenvalue weighted by Gasteiger charge is -2.42. The number of para-hydroxylation sites is 2. The van der Waals surface area contributed by atoms with E-state index in [4.69, 9.17) is 9.47 Å². The predicted molar refractivity (Wildman–Crippen MR) is 143 cm³/mol. The summed E-state index contributed by atoms with van der Waals surface area (Å²) in [6.07, 6.45) is 3.20. The van der Waals surface area contributed by atoms with Gasteiger partial charge in [0.25, 0.3) is 0 Å². The number of aromatic nitrogens is 2. The molecule has 1 aromatic heterocycles. The van der Waals surface area contributed by atoms with Crippen molar-refractivity contribution in [2.24, 2.45) is 11.3 Å². The van der Waals surface area contributed by atoms with Crippen molar-refractivity contribution < 1.29 is 19.1 Å². The Balaban J connectivity index is 1.35. The average Bonchev–Trinajstić information content (AvgIpc) is 3.15. The molecule has 9 heteroatoms. The van der Waals surface area contributed by atoms with Crippen LogP contribution < -0.4 is 11.0 Å². The molecular weight excluding hydrogens is 472 g/mol. The molecule has 1 N–H and O–H groups in total. The highest BCUT2D eigenvalue weighted by Crippen LogP contribution is 2.35. The molecular formula is C28H42N4O5. The smallest absolute Gasteiger partial charge is 0.337 e. The first-order valence-electron chi connectivity index (χ1n) is 13.5. The molecule has 0 saturated carbocycles. The Morgan fingerprint density at radius 1 is 1.11 bits per heavy atom. The van der Waals surface area contributed by atoms with Gasteiger partial charge in [0.05, 0.1) is 16.4 Å². The van der Waals surface area contributed by atoms with Gasteiger partial charge in [-0.05, 0) is 91.4 Å². The molecule has 4 rings (SSSR count).